The maximum absolute atomic E-state index is 5.33. The van der Waals surface area contributed by atoms with Crippen molar-refractivity contribution in [2.45, 2.75) is 38.8 Å². The van der Waals surface area contributed by atoms with Crippen molar-refractivity contribution in [2.75, 3.05) is 32.7 Å². The molecule has 1 atom stereocenters. The summed E-state index contributed by atoms with van der Waals surface area (Å²) in [5.41, 5.74) is 0. The van der Waals surface area contributed by atoms with Gasteiger partial charge in [-0.25, -0.2) is 9.98 Å². The molecule has 140 valence electrons. The van der Waals surface area contributed by atoms with Gasteiger partial charge in [0.2, 0.25) is 5.82 Å². The normalized spacial score (nSPS) is 21.7. The van der Waals surface area contributed by atoms with E-state index >= 15 is 0 Å². The Bertz CT molecular complexity index is 718. The zero-order valence-corrected chi connectivity index (χ0v) is 15.3. The van der Waals surface area contributed by atoms with Crippen LogP contribution in [0.15, 0.2) is 27.8 Å². The van der Waals surface area contributed by atoms with Crippen molar-refractivity contribution < 1.29 is 4.42 Å². The first-order valence-electron chi connectivity index (χ1n) is 9.56. The molecule has 2 N–H and O–H groups in total. The van der Waals surface area contributed by atoms with Gasteiger partial charge in [-0.05, 0) is 51.4 Å². The molecule has 1 unspecified atom stereocenters. The Morgan fingerprint density at radius 3 is 3.04 bits per heavy atom. The van der Waals surface area contributed by atoms with Gasteiger partial charge in [0.25, 0.3) is 0 Å². The monoisotopic (exact) mass is 357 g/mol. The van der Waals surface area contributed by atoms with E-state index in [9.17, 15) is 0 Å². The fraction of sp³-hybridized carbons (Fsp3) is 0.611. The molecule has 0 aliphatic carbocycles. The van der Waals surface area contributed by atoms with E-state index in [2.05, 4.69) is 37.2 Å². The number of hydrogen-bond acceptors (Lipinski definition) is 5. The number of furan rings is 1. The second-order valence-electron chi connectivity index (χ2n) is 6.88. The maximum atomic E-state index is 5.33. The van der Waals surface area contributed by atoms with Gasteiger partial charge >= 0.3 is 0 Å². The zero-order valence-electron chi connectivity index (χ0n) is 15.3. The van der Waals surface area contributed by atoms with E-state index in [0.29, 0.717) is 24.2 Å². The molecule has 2 aromatic rings. The predicted octanol–water partition coefficient (Wildman–Crippen LogP) is 1.70. The minimum Gasteiger partial charge on any atom is -0.461 e. The minimum atomic E-state index is 0.473. The molecule has 2 fully saturated rings. The Hall–Kier alpha value is -2.35. The van der Waals surface area contributed by atoms with Crippen molar-refractivity contribution >= 4 is 5.96 Å². The minimum absolute atomic E-state index is 0.473. The summed E-state index contributed by atoms with van der Waals surface area (Å²) in [6.45, 7) is 8.05. The predicted molar refractivity (Wildman–Crippen MR) is 99.7 cm³/mol. The number of likely N-dealkylation sites (tertiary alicyclic amines) is 2. The molecule has 0 saturated carbocycles. The van der Waals surface area contributed by atoms with Crippen molar-refractivity contribution in [3.05, 3.63) is 24.2 Å². The fourth-order valence-corrected chi connectivity index (χ4v) is 3.80. The molecular weight excluding hydrogens is 330 g/mol. The molecule has 2 aliphatic heterocycles. The molecule has 0 spiro atoms. The highest BCUT2D eigenvalue weighted by Crippen LogP contribution is 2.20. The highest BCUT2D eigenvalue weighted by Gasteiger charge is 2.30. The van der Waals surface area contributed by atoms with Crippen LogP contribution in [-0.2, 0) is 6.54 Å². The molecule has 8 nitrogen and oxygen atoms in total. The first-order chi connectivity index (χ1) is 12.8. The standard InChI is InChI=1S/C18H27N7O/c1-2-19-18(25-10-7-14(13-25)24-8-3-4-9-24)20-12-16-21-17(23-22-16)15-6-5-11-26-15/h5-6,11,14H,2-4,7-10,12-13H2,1H3,(H,19,20)(H,21,22,23). The SMILES string of the molecule is CCNC(=NCc1nc(-c2ccco2)n[nH]1)N1CCC(N2CCCC2)C1. The van der Waals surface area contributed by atoms with E-state index < -0.39 is 0 Å². The summed E-state index contributed by atoms with van der Waals surface area (Å²) in [5, 5.41) is 10.6. The van der Waals surface area contributed by atoms with Gasteiger partial charge in [-0.3, -0.25) is 10.00 Å². The average Bonchev–Trinajstić information content (AvgIpc) is 3.44. The molecule has 4 heterocycles. The Morgan fingerprint density at radius 1 is 1.38 bits per heavy atom. The third-order valence-corrected chi connectivity index (χ3v) is 5.11. The second-order valence-corrected chi connectivity index (χ2v) is 6.88. The number of H-pyrrole nitrogens is 1. The van der Waals surface area contributed by atoms with E-state index in [1.165, 1.54) is 32.4 Å². The van der Waals surface area contributed by atoms with Crippen LogP contribution in [0.1, 0.15) is 32.0 Å². The van der Waals surface area contributed by atoms with Gasteiger partial charge in [0.15, 0.2) is 11.7 Å². The van der Waals surface area contributed by atoms with Gasteiger partial charge in [-0.15, -0.1) is 5.10 Å². The van der Waals surface area contributed by atoms with Crippen molar-refractivity contribution in [3.8, 4) is 11.6 Å². The molecule has 4 rings (SSSR count). The van der Waals surface area contributed by atoms with Crippen LogP contribution in [0.25, 0.3) is 11.6 Å². The van der Waals surface area contributed by atoms with Crippen LogP contribution in [0.2, 0.25) is 0 Å². The molecule has 8 heteroatoms. The molecule has 0 radical (unpaired) electrons. The van der Waals surface area contributed by atoms with Crippen molar-refractivity contribution in [1.82, 2.24) is 30.3 Å². The van der Waals surface area contributed by atoms with Gasteiger partial charge in [0.05, 0.1) is 6.26 Å². The molecule has 2 saturated heterocycles. The Labute approximate surface area is 153 Å². The number of aromatic nitrogens is 3. The fourth-order valence-electron chi connectivity index (χ4n) is 3.80. The lowest BCUT2D eigenvalue weighted by Crippen LogP contribution is -2.42. The van der Waals surface area contributed by atoms with Crippen LogP contribution in [0.4, 0.5) is 0 Å². The second kappa shape index (κ2) is 7.90. The molecule has 0 amide bonds. The number of nitrogens with one attached hydrogen (secondary N) is 2. The highest BCUT2D eigenvalue weighted by molar-refractivity contribution is 5.80. The highest BCUT2D eigenvalue weighted by atomic mass is 16.3. The number of aromatic amines is 1. The molecule has 0 aromatic carbocycles. The van der Waals surface area contributed by atoms with Gasteiger partial charge in [0, 0.05) is 25.7 Å². The van der Waals surface area contributed by atoms with Crippen LogP contribution in [0.5, 0.6) is 0 Å². The number of guanidine groups is 1. The summed E-state index contributed by atoms with van der Waals surface area (Å²) in [6.07, 6.45) is 5.52. The summed E-state index contributed by atoms with van der Waals surface area (Å²) >= 11 is 0. The number of nitrogens with zero attached hydrogens (tertiary/aromatic N) is 5. The summed E-state index contributed by atoms with van der Waals surface area (Å²) in [7, 11) is 0. The van der Waals surface area contributed by atoms with E-state index in [1.54, 1.807) is 6.26 Å². The number of hydrogen-bond donors (Lipinski definition) is 2. The lowest BCUT2D eigenvalue weighted by Gasteiger charge is -2.25. The number of aliphatic imine (C=N–C) groups is 1. The van der Waals surface area contributed by atoms with Gasteiger partial charge < -0.3 is 14.6 Å². The van der Waals surface area contributed by atoms with E-state index in [0.717, 1.165) is 31.4 Å². The topological polar surface area (TPSA) is 85.6 Å². The van der Waals surface area contributed by atoms with Crippen LogP contribution in [-0.4, -0.2) is 69.7 Å². The average molecular weight is 357 g/mol. The van der Waals surface area contributed by atoms with Gasteiger partial charge in [-0.1, -0.05) is 0 Å². The molecule has 26 heavy (non-hydrogen) atoms. The summed E-state index contributed by atoms with van der Waals surface area (Å²) in [4.78, 5) is 14.2. The largest absolute Gasteiger partial charge is 0.461 e. The zero-order chi connectivity index (χ0) is 17.8. The Kier molecular flexibility index (Phi) is 5.19. The van der Waals surface area contributed by atoms with Crippen LogP contribution in [0, 0.1) is 0 Å². The first-order valence-corrected chi connectivity index (χ1v) is 9.56. The molecule has 2 aromatic heterocycles. The third kappa shape index (κ3) is 3.75. The Morgan fingerprint density at radius 2 is 2.27 bits per heavy atom. The van der Waals surface area contributed by atoms with Crippen molar-refractivity contribution in [1.29, 1.82) is 0 Å². The van der Waals surface area contributed by atoms with Gasteiger partial charge in [0.1, 0.15) is 12.4 Å². The molecular formula is C18H27N7O. The van der Waals surface area contributed by atoms with Crippen molar-refractivity contribution in [3.63, 3.8) is 0 Å². The molecule has 2 aliphatic rings. The maximum Gasteiger partial charge on any atom is 0.216 e. The van der Waals surface area contributed by atoms with Crippen molar-refractivity contribution in [2.24, 2.45) is 4.99 Å². The van der Waals surface area contributed by atoms with E-state index in [1.807, 2.05) is 12.1 Å². The van der Waals surface area contributed by atoms with Crippen LogP contribution in [0.3, 0.4) is 0 Å². The third-order valence-electron chi connectivity index (χ3n) is 5.11. The summed E-state index contributed by atoms with van der Waals surface area (Å²) < 4.78 is 5.33. The number of rotatable bonds is 5. The van der Waals surface area contributed by atoms with E-state index in [4.69, 9.17) is 9.41 Å². The Balaban J connectivity index is 1.40. The van der Waals surface area contributed by atoms with Crippen LogP contribution >= 0.6 is 0 Å². The van der Waals surface area contributed by atoms with E-state index in [-0.39, 0.29) is 0 Å². The van der Waals surface area contributed by atoms with Crippen LogP contribution < -0.4 is 5.32 Å². The lowest BCUT2D eigenvalue weighted by molar-refractivity contribution is 0.249. The summed E-state index contributed by atoms with van der Waals surface area (Å²) in [5.74, 6) is 2.93. The quantitative estimate of drug-likeness (QED) is 0.626. The molecule has 0 bridgehead atoms. The lowest BCUT2D eigenvalue weighted by atomic mass is 10.2. The van der Waals surface area contributed by atoms with Gasteiger partial charge in [-0.2, -0.15) is 0 Å². The first kappa shape index (κ1) is 17.1. The smallest absolute Gasteiger partial charge is 0.216 e. The summed E-state index contributed by atoms with van der Waals surface area (Å²) in [6, 6.07) is 4.34.